The van der Waals surface area contributed by atoms with Crippen LogP contribution in [0.25, 0.3) is 0 Å². The molecule has 1 unspecified atom stereocenters. The minimum atomic E-state index is -3.82. The van der Waals surface area contributed by atoms with Gasteiger partial charge in [-0.3, -0.25) is 14.9 Å². The number of amides is 2. The first-order valence-corrected chi connectivity index (χ1v) is 16.1. The summed E-state index contributed by atoms with van der Waals surface area (Å²) in [6.45, 7) is 8.16. The van der Waals surface area contributed by atoms with E-state index in [1.54, 1.807) is 16.4 Å². The molecular weight excluding hydrogens is 564 g/mol. The lowest BCUT2D eigenvalue weighted by Crippen LogP contribution is -2.53. The third kappa shape index (κ3) is 6.50. The highest BCUT2D eigenvalue weighted by Gasteiger charge is 2.56. The number of hydroxylamine groups is 1. The predicted molar refractivity (Wildman–Crippen MR) is 152 cm³/mol. The number of piperazine rings is 1. The van der Waals surface area contributed by atoms with E-state index < -0.39 is 27.4 Å². The fraction of sp³-hybridized carbons (Fsp3) is 0.679. The average molecular weight is 605 g/mol. The topological polar surface area (TPSA) is 156 Å². The van der Waals surface area contributed by atoms with E-state index in [1.165, 1.54) is 4.31 Å². The van der Waals surface area contributed by atoms with Crippen LogP contribution in [0.2, 0.25) is 0 Å². The lowest BCUT2D eigenvalue weighted by molar-refractivity contribution is -0.138. The first kappa shape index (κ1) is 30.5. The summed E-state index contributed by atoms with van der Waals surface area (Å²) >= 11 is 0. The van der Waals surface area contributed by atoms with Gasteiger partial charge in [-0.1, -0.05) is 0 Å². The number of ether oxygens (including phenoxy) is 2. The lowest BCUT2D eigenvalue weighted by Gasteiger charge is -2.38. The molecule has 0 bridgehead atoms. The number of rotatable bonds is 8. The van der Waals surface area contributed by atoms with Crippen molar-refractivity contribution in [2.24, 2.45) is 17.3 Å². The molecule has 5 rings (SSSR count). The molecule has 1 saturated carbocycles. The highest BCUT2D eigenvalue weighted by atomic mass is 32.2. The van der Waals surface area contributed by atoms with Crippen LogP contribution in [-0.2, 0) is 24.3 Å². The van der Waals surface area contributed by atoms with Crippen LogP contribution in [0.3, 0.4) is 0 Å². The number of aryl methyl sites for hydroxylation is 1. The Bertz CT molecular complexity index is 1290. The second-order valence-corrected chi connectivity index (χ2v) is 13.8. The zero-order valence-electron chi connectivity index (χ0n) is 24.0. The zero-order valence-corrected chi connectivity index (χ0v) is 24.9. The number of likely N-dealkylation sites (tertiary alicyclic amines) is 1. The van der Waals surface area contributed by atoms with Crippen molar-refractivity contribution in [3.63, 3.8) is 0 Å². The number of fused-ring (bicyclic) bond motifs is 1. The van der Waals surface area contributed by atoms with Crippen molar-refractivity contribution in [3.05, 3.63) is 29.3 Å². The highest BCUT2D eigenvalue weighted by molar-refractivity contribution is 7.89. The molecule has 14 heteroatoms. The Hall–Kier alpha value is -2.96. The molecule has 1 aliphatic carbocycles. The lowest BCUT2D eigenvalue weighted by atomic mass is 9.86. The first-order valence-electron chi connectivity index (χ1n) is 14.5. The maximum absolute atomic E-state index is 13.6. The molecule has 1 aromatic rings. The summed E-state index contributed by atoms with van der Waals surface area (Å²) < 4.78 is 39.5. The number of benzene rings is 1. The maximum atomic E-state index is 13.6. The monoisotopic (exact) mass is 604 g/mol. The summed E-state index contributed by atoms with van der Waals surface area (Å²) in [5.41, 5.74) is 2.96. The normalized spacial score (nSPS) is 27.0. The molecule has 0 radical (unpaired) electrons. The molecule has 2 N–H and O–H groups in total. The molecule has 3 saturated heterocycles. The van der Waals surface area contributed by atoms with Gasteiger partial charge in [0.25, 0.3) is 5.91 Å². The summed E-state index contributed by atoms with van der Waals surface area (Å²) in [6.07, 6.45) is 0.147. The van der Waals surface area contributed by atoms with Gasteiger partial charge < -0.3 is 19.3 Å². The van der Waals surface area contributed by atoms with Crippen molar-refractivity contribution >= 4 is 27.7 Å². The number of nitriles is 1. The Labute approximate surface area is 246 Å². The summed E-state index contributed by atoms with van der Waals surface area (Å²) in [6, 6.07) is 7.59. The quantitative estimate of drug-likeness (QED) is 0.319. The predicted octanol–water partition coefficient (Wildman–Crippen LogP) is 0.621. The van der Waals surface area contributed by atoms with Crippen LogP contribution < -0.4 is 10.4 Å². The van der Waals surface area contributed by atoms with Crippen LogP contribution in [0.4, 0.5) is 10.5 Å². The smallest absolute Gasteiger partial charge is 0.409 e. The van der Waals surface area contributed by atoms with Crippen LogP contribution in [0.15, 0.2) is 18.2 Å². The maximum Gasteiger partial charge on any atom is 0.409 e. The molecule has 13 nitrogen and oxygen atoms in total. The van der Waals surface area contributed by atoms with Crippen molar-refractivity contribution in [1.29, 1.82) is 5.26 Å². The second-order valence-electron chi connectivity index (χ2n) is 11.9. The van der Waals surface area contributed by atoms with Gasteiger partial charge in [-0.25, -0.2) is 18.7 Å². The van der Waals surface area contributed by atoms with Crippen molar-refractivity contribution in [1.82, 2.24) is 19.6 Å². The van der Waals surface area contributed by atoms with E-state index in [0.29, 0.717) is 51.5 Å². The third-order valence-corrected chi connectivity index (χ3v) is 11.3. The van der Waals surface area contributed by atoms with E-state index in [2.05, 4.69) is 15.9 Å². The van der Waals surface area contributed by atoms with Gasteiger partial charge in [0.15, 0.2) is 0 Å². The van der Waals surface area contributed by atoms with Gasteiger partial charge in [0.2, 0.25) is 10.0 Å². The van der Waals surface area contributed by atoms with E-state index in [9.17, 15) is 23.2 Å². The second kappa shape index (κ2) is 12.7. The van der Waals surface area contributed by atoms with Crippen LogP contribution in [0, 0.1) is 35.5 Å². The molecule has 42 heavy (non-hydrogen) atoms. The van der Waals surface area contributed by atoms with Crippen LogP contribution in [-0.4, -0.2) is 124 Å². The number of morpholine rings is 1. The van der Waals surface area contributed by atoms with Crippen LogP contribution in [0.1, 0.15) is 24.0 Å². The number of nitrogens with zero attached hydrogens (tertiary/aromatic N) is 5. The van der Waals surface area contributed by atoms with E-state index >= 15 is 0 Å². The standard InChI is InChI=1S/C28H40N6O7S/c1-21-14-22(17-29)2-3-25(21)32-4-6-34(7-5-32)42(38,39)20-28(26(35)30-37)15-23-18-33(19-24(23)16-28)27(36)41-13-10-31-8-11-40-12-9-31/h2-3,14,23-24,37H,4-13,15-16,18-20H2,1H3,(H,30,35)/t23-,24+,28?. The van der Waals surface area contributed by atoms with Gasteiger partial charge >= 0.3 is 6.09 Å². The Balaban J connectivity index is 1.16. The summed E-state index contributed by atoms with van der Waals surface area (Å²) in [7, 11) is -3.82. The molecule has 2 amide bonds. The summed E-state index contributed by atoms with van der Waals surface area (Å²) in [5, 5.41) is 18.7. The Kier molecular flexibility index (Phi) is 9.24. The molecule has 230 valence electrons. The van der Waals surface area contributed by atoms with E-state index in [1.807, 2.05) is 19.1 Å². The van der Waals surface area contributed by atoms with Crippen molar-refractivity contribution < 1.29 is 32.7 Å². The van der Waals surface area contributed by atoms with Gasteiger partial charge in [0.1, 0.15) is 6.61 Å². The fourth-order valence-electron chi connectivity index (χ4n) is 7.03. The van der Waals surface area contributed by atoms with Gasteiger partial charge in [-0.15, -0.1) is 0 Å². The molecule has 0 spiro atoms. The van der Waals surface area contributed by atoms with E-state index in [4.69, 9.17) is 14.7 Å². The molecular formula is C28H40N6O7S. The number of carbonyl (C=O) groups excluding carboxylic acids is 2. The Morgan fingerprint density at radius 3 is 2.38 bits per heavy atom. The number of carbonyl (C=O) groups is 2. The average Bonchev–Trinajstić information content (AvgIpc) is 3.54. The highest BCUT2D eigenvalue weighted by Crippen LogP contribution is 2.50. The number of nitrogens with one attached hydrogen (secondary N) is 1. The molecule has 4 aliphatic rings. The first-order chi connectivity index (χ1) is 20.1. The van der Waals surface area contributed by atoms with Gasteiger partial charge in [-0.05, 0) is 55.4 Å². The van der Waals surface area contributed by atoms with Crippen LogP contribution >= 0.6 is 0 Å². The minimum Gasteiger partial charge on any atom is -0.448 e. The SMILES string of the molecule is Cc1cc(C#N)ccc1N1CCN(S(=O)(=O)CC2(C(=O)NO)C[C@H]3CN(C(=O)OCCN4CCOCC4)C[C@H]3C2)CC1. The number of hydrogen-bond acceptors (Lipinski definition) is 10. The fourth-order valence-corrected chi connectivity index (χ4v) is 9.00. The summed E-state index contributed by atoms with van der Waals surface area (Å²) in [5.74, 6) is -1.19. The van der Waals surface area contributed by atoms with Crippen molar-refractivity contribution in [2.45, 2.75) is 19.8 Å². The van der Waals surface area contributed by atoms with Gasteiger partial charge in [0, 0.05) is 64.6 Å². The molecule has 3 heterocycles. The Morgan fingerprint density at radius 2 is 1.79 bits per heavy atom. The van der Waals surface area contributed by atoms with E-state index in [0.717, 1.165) is 24.3 Å². The molecule has 4 fully saturated rings. The van der Waals surface area contributed by atoms with Gasteiger partial charge in [-0.2, -0.15) is 9.57 Å². The minimum absolute atomic E-state index is 0.0551. The number of sulfonamides is 1. The number of anilines is 1. The molecule has 3 aliphatic heterocycles. The third-order valence-electron chi connectivity index (χ3n) is 9.22. The summed E-state index contributed by atoms with van der Waals surface area (Å²) in [4.78, 5) is 31.6. The van der Waals surface area contributed by atoms with Crippen molar-refractivity contribution in [2.75, 3.05) is 89.4 Å². The molecule has 3 atom stereocenters. The molecule has 1 aromatic carbocycles. The van der Waals surface area contributed by atoms with Crippen LogP contribution in [0.5, 0.6) is 0 Å². The van der Waals surface area contributed by atoms with Gasteiger partial charge in [0.05, 0.1) is 36.0 Å². The molecule has 0 aromatic heterocycles. The van der Waals surface area contributed by atoms with E-state index in [-0.39, 0.29) is 50.1 Å². The zero-order chi connectivity index (χ0) is 29.9. The number of hydrogen-bond donors (Lipinski definition) is 2. The largest absolute Gasteiger partial charge is 0.448 e. The Morgan fingerprint density at radius 1 is 1.12 bits per heavy atom. The van der Waals surface area contributed by atoms with Crippen molar-refractivity contribution in [3.8, 4) is 6.07 Å².